The van der Waals surface area contributed by atoms with Gasteiger partial charge in [0.2, 0.25) is 10.0 Å². The highest BCUT2D eigenvalue weighted by Crippen LogP contribution is 2.37. The fourth-order valence-corrected chi connectivity index (χ4v) is 5.38. The van der Waals surface area contributed by atoms with Crippen molar-refractivity contribution in [2.75, 3.05) is 6.26 Å². The van der Waals surface area contributed by atoms with E-state index in [2.05, 4.69) is 11.0 Å². The molecule has 2 aromatic rings. The van der Waals surface area contributed by atoms with Gasteiger partial charge in [-0.05, 0) is 30.2 Å². The van der Waals surface area contributed by atoms with Crippen molar-refractivity contribution in [3.8, 4) is 6.07 Å². The zero-order chi connectivity index (χ0) is 19.4. The molecule has 0 saturated heterocycles. The van der Waals surface area contributed by atoms with Crippen LogP contribution in [0.2, 0.25) is 0 Å². The number of nitriles is 1. The Morgan fingerprint density at radius 2 is 1.67 bits per heavy atom. The fraction of sp³-hybridized carbons (Fsp3) is 0.250. The van der Waals surface area contributed by atoms with Crippen molar-refractivity contribution in [3.05, 3.63) is 82.4 Å². The first-order valence-electron chi connectivity index (χ1n) is 8.47. The Kier molecular flexibility index (Phi) is 5.90. The van der Waals surface area contributed by atoms with Crippen LogP contribution in [0, 0.1) is 11.3 Å². The molecule has 0 amide bonds. The van der Waals surface area contributed by atoms with E-state index in [1.807, 2.05) is 49.4 Å². The van der Waals surface area contributed by atoms with Crippen LogP contribution < -0.4 is 0 Å². The average Bonchev–Trinajstić information content (AvgIpc) is 3.05. The molecule has 0 radical (unpaired) electrons. The van der Waals surface area contributed by atoms with Crippen molar-refractivity contribution in [2.45, 2.75) is 25.5 Å². The van der Waals surface area contributed by atoms with Crippen molar-refractivity contribution in [1.82, 2.24) is 9.21 Å². The molecular formula is C20H21N3O2S2. The van der Waals surface area contributed by atoms with Gasteiger partial charge in [0.05, 0.1) is 17.9 Å². The second-order valence-electron chi connectivity index (χ2n) is 6.48. The summed E-state index contributed by atoms with van der Waals surface area (Å²) in [4.78, 5) is 3.10. The lowest BCUT2D eigenvalue weighted by Gasteiger charge is -2.34. The third-order valence-corrected chi connectivity index (χ3v) is 6.63. The zero-order valence-corrected chi connectivity index (χ0v) is 16.9. The molecule has 7 heteroatoms. The second-order valence-corrected chi connectivity index (χ2v) is 9.67. The van der Waals surface area contributed by atoms with Gasteiger partial charge < -0.3 is 0 Å². The summed E-state index contributed by atoms with van der Waals surface area (Å²) in [7, 11) is -3.37. The third kappa shape index (κ3) is 4.92. The van der Waals surface area contributed by atoms with E-state index in [0.29, 0.717) is 18.7 Å². The molecule has 0 N–H and O–H groups in total. The predicted octanol–water partition coefficient (Wildman–Crippen LogP) is 3.71. The standard InChI is InChI=1S/C20H21N3O2S2/c1-16-13-23(27(2,24)25)20(26-16)22(14-18-6-4-3-5-7-18)15-19-10-8-17(12-21)9-11-19/h3-11,13,20H,14-15H2,1-2H3. The van der Waals surface area contributed by atoms with Crippen molar-refractivity contribution in [3.63, 3.8) is 0 Å². The Hall–Kier alpha value is -2.27. The largest absolute Gasteiger partial charge is 0.265 e. The van der Waals surface area contributed by atoms with E-state index in [1.54, 1.807) is 18.3 Å². The maximum Gasteiger partial charge on any atom is 0.233 e. The molecule has 5 nitrogen and oxygen atoms in total. The smallest absolute Gasteiger partial charge is 0.233 e. The average molecular weight is 400 g/mol. The lowest BCUT2D eigenvalue weighted by atomic mass is 10.1. The van der Waals surface area contributed by atoms with E-state index in [0.717, 1.165) is 16.0 Å². The zero-order valence-electron chi connectivity index (χ0n) is 15.2. The lowest BCUT2D eigenvalue weighted by molar-refractivity contribution is 0.179. The van der Waals surface area contributed by atoms with E-state index < -0.39 is 10.0 Å². The number of thioether (sulfide) groups is 1. The molecule has 0 aromatic heterocycles. The van der Waals surface area contributed by atoms with Crippen LogP contribution in [0.5, 0.6) is 0 Å². The summed E-state index contributed by atoms with van der Waals surface area (Å²) >= 11 is 1.54. The number of rotatable bonds is 6. The number of hydrogen-bond donors (Lipinski definition) is 0. The van der Waals surface area contributed by atoms with Gasteiger partial charge >= 0.3 is 0 Å². The molecule has 0 aliphatic carbocycles. The lowest BCUT2D eigenvalue weighted by Crippen LogP contribution is -2.43. The SMILES string of the molecule is CC1=CN(S(C)(=O)=O)C(N(Cc2ccccc2)Cc2ccc(C#N)cc2)S1. The summed E-state index contributed by atoms with van der Waals surface area (Å²) in [5.41, 5.74) is 2.42. The Morgan fingerprint density at radius 3 is 2.22 bits per heavy atom. The molecule has 1 atom stereocenters. The highest BCUT2D eigenvalue weighted by atomic mass is 32.2. The van der Waals surface area contributed by atoms with Crippen molar-refractivity contribution < 1.29 is 8.42 Å². The van der Waals surface area contributed by atoms with Gasteiger partial charge in [-0.15, -0.1) is 0 Å². The first-order valence-corrected chi connectivity index (χ1v) is 11.2. The molecule has 0 spiro atoms. The maximum atomic E-state index is 12.3. The van der Waals surface area contributed by atoms with Gasteiger partial charge in [-0.2, -0.15) is 5.26 Å². The van der Waals surface area contributed by atoms with Crippen LogP contribution in [0.25, 0.3) is 0 Å². The first-order chi connectivity index (χ1) is 12.9. The van der Waals surface area contributed by atoms with Gasteiger partial charge in [-0.25, -0.2) is 12.7 Å². The van der Waals surface area contributed by atoms with Crippen LogP contribution in [0.3, 0.4) is 0 Å². The fourth-order valence-electron chi connectivity index (χ4n) is 2.94. The number of nitrogens with zero attached hydrogens (tertiary/aromatic N) is 3. The van der Waals surface area contributed by atoms with Gasteiger partial charge in [-0.3, -0.25) is 4.90 Å². The molecule has 1 heterocycles. The molecule has 0 bridgehead atoms. The summed E-state index contributed by atoms with van der Waals surface area (Å²) in [6.07, 6.45) is 2.93. The molecular weight excluding hydrogens is 378 g/mol. The molecule has 140 valence electrons. The van der Waals surface area contributed by atoms with Crippen LogP contribution in [-0.2, 0) is 23.1 Å². The minimum atomic E-state index is -3.37. The molecule has 1 unspecified atom stereocenters. The Labute approximate surface area is 165 Å². The van der Waals surface area contributed by atoms with E-state index in [9.17, 15) is 8.42 Å². The summed E-state index contributed by atoms with van der Waals surface area (Å²) in [5.74, 6) is 0. The number of sulfonamides is 1. The van der Waals surface area contributed by atoms with E-state index in [-0.39, 0.29) is 5.50 Å². The molecule has 3 rings (SSSR count). The summed E-state index contributed by atoms with van der Waals surface area (Å²) in [5, 5.41) is 8.99. The van der Waals surface area contributed by atoms with Gasteiger partial charge in [-0.1, -0.05) is 54.2 Å². The molecule has 1 aliphatic rings. The maximum absolute atomic E-state index is 12.3. The number of benzene rings is 2. The second kappa shape index (κ2) is 8.17. The Morgan fingerprint density at radius 1 is 1.07 bits per heavy atom. The van der Waals surface area contributed by atoms with Crippen molar-refractivity contribution in [1.29, 1.82) is 5.26 Å². The molecule has 0 fully saturated rings. The molecule has 0 saturated carbocycles. The van der Waals surface area contributed by atoms with Gasteiger partial charge in [0.15, 0.2) is 0 Å². The summed E-state index contributed by atoms with van der Waals surface area (Å²) in [6.45, 7) is 3.11. The van der Waals surface area contributed by atoms with Gasteiger partial charge in [0.1, 0.15) is 5.50 Å². The molecule has 1 aliphatic heterocycles. The van der Waals surface area contributed by atoms with Crippen molar-refractivity contribution in [2.24, 2.45) is 0 Å². The molecule has 27 heavy (non-hydrogen) atoms. The minimum absolute atomic E-state index is 0.337. The number of hydrogen-bond acceptors (Lipinski definition) is 5. The van der Waals surface area contributed by atoms with Crippen LogP contribution in [-0.4, -0.2) is 29.4 Å². The Bertz CT molecular complexity index is 965. The summed E-state index contributed by atoms with van der Waals surface area (Å²) < 4.78 is 26.0. The monoisotopic (exact) mass is 399 g/mol. The topological polar surface area (TPSA) is 64.4 Å². The van der Waals surface area contributed by atoms with Crippen LogP contribution in [0.1, 0.15) is 23.6 Å². The first kappa shape index (κ1) is 19.5. The summed E-state index contributed by atoms with van der Waals surface area (Å²) in [6, 6.07) is 19.5. The number of allylic oxidation sites excluding steroid dienone is 1. The normalized spacial score (nSPS) is 17.0. The third-order valence-electron chi connectivity index (χ3n) is 4.21. The van der Waals surface area contributed by atoms with Crippen LogP contribution in [0.4, 0.5) is 0 Å². The van der Waals surface area contributed by atoms with E-state index >= 15 is 0 Å². The quantitative estimate of drug-likeness (QED) is 0.741. The highest BCUT2D eigenvalue weighted by Gasteiger charge is 2.34. The Balaban J connectivity index is 1.90. The predicted molar refractivity (Wildman–Crippen MR) is 109 cm³/mol. The van der Waals surface area contributed by atoms with E-state index in [1.165, 1.54) is 22.3 Å². The van der Waals surface area contributed by atoms with Crippen LogP contribution in [0.15, 0.2) is 65.7 Å². The van der Waals surface area contributed by atoms with Gasteiger partial charge in [0.25, 0.3) is 0 Å². The van der Waals surface area contributed by atoms with Gasteiger partial charge in [0, 0.05) is 24.2 Å². The van der Waals surface area contributed by atoms with Crippen molar-refractivity contribution >= 4 is 21.8 Å². The molecule has 2 aromatic carbocycles. The minimum Gasteiger partial charge on any atom is -0.265 e. The highest BCUT2D eigenvalue weighted by molar-refractivity contribution is 8.04. The van der Waals surface area contributed by atoms with Crippen LogP contribution >= 0.6 is 11.8 Å². The van der Waals surface area contributed by atoms with E-state index in [4.69, 9.17) is 5.26 Å².